The van der Waals surface area contributed by atoms with Crippen molar-refractivity contribution in [1.82, 2.24) is 4.90 Å². The van der Waals surface area contributed by atoms with Gasteiger partial charge in [0.15, 0.2) is 0 Å². The number of halogens is 2. The van der Waals surface area contributed by atoms with E-state index in [4.69, 9.17) is 16.7 Å². The van der Waals surface area contributed by atoms with Gasteiger partial charge < -0.3 is 20.6 Å². The van der Waals surface area contributed by atoms with Crippen LogP contribution in [0.5, 0.6) is 0 Å². The maximum Gasteiger partial charge on any atom is 0.407 e. The lowest BCUT2D eigenvalue weighted by molar-refractivity contribution is 0.140. The fourth-order valence-electron chi connectivity index (χ4n) is 2.67. The summed E-state index contributed by atoms with van der Waals surface area (Å²) in [7, 11) is 0. The number of benzene rings is 2. The number of carboxylic acid groups (broad SMARTS) is 1. The van der Waals surface area contributed by atoms with E-state index < -0.39 is 17.9 Å². The molecule has 0 saturated heterocycles. The third-order valence-corrected chi connectivity index (χ3v) is 4.16. The number of amides is 3. The molecule has 0 fully saturated rings. The van der Waals surface area contributed by atoms with Gasteiger partial charge in [-0.2, -0.15) is 0 Å². The van der Waals surface area contributed by atoms with Crippen LogP contribution in [0.2, 0.25) is 5.02 Å². The Morgan fingerprint density at radius 2 is 1.92 bits per heavy atom. The molecule has 0 spiro atoms. The van der Waals surface area contributed by atoms with Gasteiger partial charge in [0.05, 0.1) is 5.69 Å². The van der Waals surface area contributed by atoms with E-state index in [1.807, 2.05) is 0 Å². The molecule has 0 saturated carbocycles. The number of hydrogen-bond donors (Lipinski definition) is 3. The highest BCUT2D eigenvalue weighted by molar-refractivity contribution is 6.30. The van der Waals surface area contributed by atoms with E-state index >= 15 is 0 Å². The first-order valence-electron chi connectivity index (χ1n) is 7.55. The van der Waals surface area contributed by atoms with Crippen LogP contribution in [0, 0.1) is 5.82 Å². The molecule has 3 rings (SSSR count). The van der Waals surface area contributed by atoms with Crippen molar-refractivity contribution in [3.05, 3.63) is 58.4 Å². The van der Waals surface area contributed by atoms with Gasteiger partial charge in [-0.15, -0.1) is 0 Å². The molecule has 3 amide bonds. The molecule has 3 N–H and O–H groups in total. The van der Waals surface area contributed by atoms with E-state index in [9.17, 15) is 14.0 Å². The molecule has 1 heterocycles. The number of carbonyl (C=O) groups is 2. The fraction of sp³-hybridized carbons (Fsp3) is 0.176. The van der Waals surface area contributed by atoms with Crippen molar-refractivity contribution >= 4 is 35.1 Å². The Labute approximate surface area is 148 Å². The number of nitrogens with zero attached hydrogens (tertiary/aromatic N) is 1. The standard InChI is InChI=1S/C17H15ClFN3O3/c18-12-2-4-14(19)15(8-12)21-16(23)20-13-3-1-11-9-22(17(24)25)6-5-10(11)7-13/h1-4,7-8H,5-6,9H2,(H,24,25)(H2,20,21,23). The third-order valence-electron chi connectivity index (χ3n) is 3.92. The summed E-state index contributed by atoms with van der Waals surface area (Å²) in [4.78, 5) is 24.4. The molecule has 0 unspecified atom stereocenters. The van der Waals surface area contributed by atoms with Crippen molar-refractivity contribution in [3.8, 4) is 0 Å². The molecule has 2 aromatic carbocycles. The van der Waals surface area contributed by atoms with Crippen LogP contribution in [-0.4, -0.2) is 28.7 Å². The smallest absolute Gasteiger partial charge is 0.407 e. The molecule has 6 nitrogen and oxygen atoms in total. The molecule has 130 valence electrons. The Morgan fingerprint density at radius 3 is 2.68 bits per heavy atom. The van der Waals surface area contributed by atoms with Gasteiger partial charge in [0, 0.05) is 23.8 Å². The summed E-state index contributed by atoms with van der Waals surface area (Å²) in [5.74, 6) is -0.584. The summed E-state index contributed by atoms with van der Waals surface area (Å²) in [6.45, 7) is 0.733. The number of fused-ring (bicyclic) bond motifs is 1. The first-order valence-corrected chi connectivity index (χ1v) is 7.93. The highest BCUT2D eigenvalue weighted by Crippen LogP contribution is 2.23. The molecule has 0 atom stereocenters. The molecular weight excluding hydrogens is 349 g/mol. The maximum atomic E-state index is 13.6. The van der Waals surface area contributed by atoms with Crippen LogP contribution in [0.4, 0.5) is 25.4 Å². The van der Waals surface area contributed by atoms with Crippen molar-refractivity contribution in [3.63, 3.8) is 0 Å². The van der Waals surface area contributed by atoms with E-state index in [0.29, 0.717) is 30.2 Å². The molecule has 0 bridgehead atoms. The lowest BCUT2D eigenvalue weighted by atomic mass is 9.99. The van der Waals surface area contributed by atoms with E-state index in [0.717, 1.165) is 11.1 Å². The Hall–Kier alpha value is -2.80. The van der Waals surface area contributed by atoms with Crippen LogP contribution in [0.15, 0.2) is 36.4 Å². The van der Waals surface area contributed by atoms with Crippen LogP contribution < -0.4 is 10.6 Å². The van der Waals surface area contributed by atoms with Crippen LogP contribution in [0.25, 0.3) is 0 Å². The van der Waals surface area contributed by atoms with Crippen molar-refractivity contribution in [2.75, 3.05) is 17.2 Å². The second-order valence-electron chi connectivity index (χ2n) is 5.64. The number of hydrogen-bond acceptors (Lipinski definition) is 2. The van der Waals surface area contributed by atoms with Gasteiger partial charge in [-0.05, 0) is 47.9 Å². The van der Waals surface area contributed by atoms with Crippen molar-refractivity contribution < 1.29 is 19.1 Å². The number of rotatable bonds is 2. The molecular formula is C17H15ClFN3O3. The SMILES string of the molecule is O=C(Nc1ccc2c(c1)CCN(C(=O)O)C2)Nc1cc(Cl)ccc1F. The van der Waals surface area contributed by atoms with Gasteiger partial charge in [0.25, 0.3) is 0 Å². The van der Waals surface area contributed by atoms with Crippen LogP contribution >= 0.6 is 11.6 Å². The highest BCUT2D eigenvalue weighted by Gasteiger charge is 2.20. The van der Waals surface area contributed by atoms with E-state index in [1.54, 1.807) is 18.2 Å². The molecule has 0 aromatic heterocycles. The molecule has 1 aliphatic heterocycles. The summed E-state index contributed by atoms with van der Waals surface area (Å²) >= 11 is 5.79. The summed E-state index contributed by atoms with van der Waals surface area (Å²) in [6.07, 6.45) is -0.377. The topological polar surface area (TPSA) is 81.7 Å². The third kappa shape index (κ3) is 4.00. The van der Waals surface area contributed by atoms with Gasteiger partial charge in [-0.25, -0.2) is 14.0 Å². The lowest BCUT2D eigenvalue weighted by Gasteiger charge is -2.26. The average molecular weight is 364 g/mol. The van der Waals surface area contributed by atoms with E-state index in [2.05, 4.69) is 10.6 Å². The minimum Gasteiger partial charge on any atom is -0.465 e. The summed E-state index contributed by atoms with van der Waals surface area (Å²) < 4.78 is 13.6. The summed E-state index contributed by atoms with van der Waals surface area (Å²) in [5, 5.41) is 14.4. The van der Waals surface area contributed by atoms with Gasteiger partial charge >= 0.3 is 12.1 Å². The fourth-order valence-corrected chi connectivity index (χ4v) is 2.84. The minimum atomic E-state index is -0.948. The first kappa shape index (κ1) is 17.0. The zero-order chi connectivity index (χ0) is 18.0. The number of carbonyl (C=O) groups excluding carboxylic acids is 1. The van der Waals surface area contributed by atoms with Crippen molar-refractivity contribution in [2.24, 2.45) is 0 Å². The normalized spacial score (nSPS) is 13.1. The minimum absolute atomic E-state index is 0.0138. The highest BCUT2D eigenvalue weighted by atomic mass is 35.5. The predicted octanol–water partition coefficient (Wildman–Crippen LogP) is 4.16. The molecule has 8 heteroatoms. The molecule has 2 aromatic rings. The van der Waals surface area contributed by atoms with Gasteiger partial charge in [-0.3, -0.25) is 0 Å². The van der Waals surface area contributed by atoms with Crippen molar-refractivity contribution in [2.45, 2.75) is 13.0 Å². The number of anilines is 2. The zero-order valence-electron chi connectivity index (χ0n) is 13.1. The van der Waals surface area contributed by atoms with Crippen molar-refractivity contribution in [1.29, 1.82) is 0 Å². The second kappa shape index (κ2) is 6.98. The quantitative estimate of drug-likeness (QED) is 0.749. The molecule has 0 radical (unpaired) electrons. The molecule has 1 aliphatic rings. The monoisotopic (exact) mass is 363 g/mol. The largest absolute Gasteiger partial charge is 0.465 e. The lowest BCUT2D eigenvalue weighted by Crippen LogP contribution is -2.34. The van der Waals surface area contributed by atoms with E-state index in [1.165, 1.54) is 23.1 Å². The second-order valence-corrected chi connectivity index (χ2v) is 6.08. The van der Waals surface area contributed by atoms with Gasteiger partial charge in [0.1, 0.15) is 5.82 Å². The summed E-state index contributed by atoms with van der Waals surface area (Å²) in [5.41, 5.74) is 2.41. The Bertz CT molecular complexity index is 844. The summed E-state index contributed by atoms with van der Waals surface area (Å²) in [6, 6.07) is 8.54. The predicted molar refractivity (Wildman–Crippen MR) is 92.6 cm³/mol. The van der Waals surface area contributed by atoms with E-state index in [-0.39, 0.29) is 5.69 Å². The Balaban J connectivity index is 1.68. The average Bonchev–Trinajstić information content (AvgIpc) is 2.57. The van der Waals surface area contributed by atoms with Crippen LogP contribution in [0.3, 0.4) is 0 Å². The maximum absolute atomic E-state index is 13.6. The van der Waals surface area contributed by atoms with Crippen LogP contribution in [0.1, 0.15) is 11.1 Å². The van der Waals surface area contributed by atoms with Gasteiger partial charge in [0.2, 0.25) is 0 Å². The first-order chi connectivity index (χ1) is 11.9. The van der Waals surface area contributed by atoms with Crippen LogP contribution in [-0.2, 0) is 13.0 Å². The molecule has 0 aliphatic carbocycles. The van der Waals surface area contributed by atoms with Gasteiger partial charge in [-0.1, -0.05) is 17.7 Å². The number of nitrogens with one attached hydrogen (secondary N) is 2. The Kier molecular flexibility index (Phi) is 4.76. The Morgan fingerprint density at radius 1 is 1.12 bits per heavy atom. The molecule has 25 heavy (non-hydrogen) atoms. The zero-order valence-corrected chi connectivity index (χ0v) is 13.8. The number of urea groups is 1.